The van der Waals surface area contributed by atoms with Gasteiger partial charge in [0.05, 0.1) is 0 Å². The van der Waals surface area contributed by atoms with Crippen molar-refractivity contribution in [2.45, 2.75) is 19.3 Å². The van der Waals surface area contributed by atoms with Crippen LogP contribution in [0.4, 0.5) is 35.9 Å². The summed E-state index contributed by atoms with van der Waals surface area (Å²) >= 11 is 0. The van der Waals surface area contributed by atoms with Crippen molar-refractivity contribution in [3.8, 4) is 0 Å². The maximum atomic E-state index is 11.5. The SMILES string of the molecule is C[SiH](C(=O)OC(F)(F)F)C(=O)OC(F)(F)F. The number of rotatable bonds is 2. The van der Waals surface area contributed by atoms with Crippen molar-refractivity contribution >= 4 is 20.0 Å². The summed E-state index contributed by atoms with van der Waals surface area (Å²) in [6.45, 7) is 0.627. The number of hydrogen-bond acceptors (Lipinski definition) is 4. The summed E-state index contributed by atoms with van der Waals surface area (Å²) in [5, 5.41) is 0. The molecular formula is C5H4F6O4Si. The number of halogens is 6. The van der Waals surface area contributed by atoms with Crippen molar-refractivity contribution in [3.05, 3.63) is 0 Å². The predicted octanol–water partition coefficient (Wildman–Crippen LogP) is 2.32. The molecule has 0 fully saturated rings. The van der Waals surface area contributed by atoms with E-state index in [1.807, 2.05) is 0 Å². The molecule has 0 radical (unpaired) electrons. The van der Waals surface area contributed by atoms with Crippen molar-refractivity contribution in [1.29, 1.82) is 0 Å². The molecule has 11 heteroatoms. The lowest BCUT2D eigenvalue weighted by atomic mass is 11.3. The van der Waals surface area contributed by atoms with Crippen LogP contribution in [0.25, 0.3) is 0 Å². The first-order chi connectivity index (χ1) is 6.92. The minimum atomic E-state index is -5.34. The van der Waals surface area contributed by atoms with Crippen LogP contribution in [0, 0.1) is 0 Å². The molecule has 0 atom stereocenters. The predicted molar refractivity (Wildman–Crippen MR) is 38.1 cm³/mol. The van der Waals surface area contributed by atoms with E-state index in [2.05, 4.69) is 9.47 Å². The Morgan fingerprint density at radius 3 is 1.31 bits per heavy atom. The van der Waals surface area contributed by atoms with E-state index in [-0.39, 0.29) is 0 Å². The van der Waals surface area contributed by atoms with Gasteiger partial charge in [-0.15, -0.1) is 26.3 Å². The molecule has 94 valence electrons. The quantitative estimate of drug-likeness (QED) is 0.570. The van der Waals surface area contributed by atoms with Gasteiger partial charge in [0.1, 0.15) is 0 Å². The molecule has 0 aromatic heterocycles. The molecule has 0 saturated carbocycles. The average Bonchev–Trinajstić information content (AvgIpc) is 1.96. The van der Waals surface area contributed by atoms with E-state index in [0.717, 1.165) is 0 Å². The summed E-state index contributed by atoms with van der Waals surface area (Å²) in [6, 6.07) is 0. The normalized spacial score (nSPS) is 12.5. The van der Waals surface area contributed by atoms with Crippen LogP contribution >= 0.6 is 0 Å². The number of carbonyl (C=O) groups excluding carboxylic acids is 2. The van der Waals surface area contributed by atoms with Gasteiger partial charge in [-0.25, -0.2) is 0 Å². The lowest BCUT2D eigenvalue weighted by molar-refractivity contribution is -0.288. The maximum Gasteiger partial charge on any atom is 0.574 e. The first-order valence-electron chi connectivity index (χ1n) is 3.51. The topological polar surface area (TPSA) is 52.6 Å². The van der Waals surface area contributed by atoms with Crippen molar-refractivity contribution in [1.82, 2.24) is 0 Å². The second-order valence-electron chi connectivity index (χ2n) is 2.46. The van der Waals surface area contributed by atoms with Gasteiger partial charge in [0, 0.05) is 0 Å². The highest BCUT2D eigenvalue weighted by atomic mass is 28.3. The minimum Gasteiger partial charge on any atom is -0.378 e. The molecule has 0 unspecified atom stereocenters. The highest BCUT2D eigenvalue weighted by Crippen LogP contribution is 2.20. The van der Waals surface area contributed by atoms with E-state index < -0.39 is 32.7 Å². The minimum absolute atomic E-state index is 0.627. The molecule has 0 saturated heterocycles. The van der Waals surface area contributed by atoms with Gasteiger partial charge < -0.3 is 9.47 Å². The first kappa shape index (κ1) is 14.7. The molecule has 0 aliphatic heterocycles. The van der Waals surface area contributed by atoms with Gasteiger partial charge in [-0.05, 0) is 0 Å². The van der Waals surface area contributed by atoms with E-state index in [9.17, 15) is 35.9 Å². The van der Waals surface area contributed by atoms with Gasteiger partial charge in [0.15, 0.2) is 0 Å². The number of ether oxygens (including phenoxy) is 2. The lowest BCUT2D eigenvalue weighted by Crippen LogP contribution is -2.39. The molecule has 0 aromatic carbocycles. The molecule has 0 aliphatic rings. The molecule has 0 aromatic rings. The third-order valence-electron chi connectivity index (χ3n) is 1.14. The van der Waals surface area contributed by atoms with Gasteiger partial charge in [-0.3, -0.25) is 9.59 Å². The Bertz CT molecular complexity index is 256. The second-order valence-corrected chi connectivity index (χ2v) is 4.84. The largest absolute Gasteiger partial charge is 0.574 e. The summed E-state index contributed by atoms with van der Waals surface area (Å²) < 4.78 is 74.4. The highest BCUT2D eigenvalue weighted by molar-refractivity contribution is 7.08. The van der Waals surface area contributed by atoms with Crippen molar-refractivity contribution in [2.75, 3.05) is 0 Å². The Kier molecular flexibility index (Phi) is 4.34. The van der Waals surface area contributed by atoms with Crippen LogP contribution in [0.5, 0.6) is 0 Å². The maximum absolute atomic E-state index is 11.5. The average molecular weight is 270 g/mol. The van der Waals surface area contributed by atoms with Crippen molar-refractivity contribution in [2.24, 2.45) is 0 Å². The lowest BCUT2D eigenvalue weighted by Gasteiger charge is -2.12. The van der Waals surface area contributed by atoms with Gasteiger partial charge in [-0.1, -0.05) is 6.55 Å². The van der Waals surface area contributed by atoms with E-state index >= 15 is 0 Å². The van der Waals surface area contributed by atoms with Gasteiger partial charge in [0.2, 0.25) is 0 Å². The molecule has 0 aliphatic carbocycles. The Labute approximate surface area is 85.7 Å². The smallest absolute Gasteiger partial charge is 0.378 e. The van der Waals surface area contributed by atoms with Crippen LogP contribution in [0.15, 0.2) is 0 Å². The van der Waals surface area contributed by atoms with Crippen molar-refractivity contribution < 1.29 is 45.4 Å². The van der Waals surface area contributed by atoms with Gasteiger partial charge in [0.25, 0.3) is 20.0 Å². The number of alkyl halides is 6. The summed E-state index contributed by atoms with van der Waals surface area (Å²) in [5.41, 5.74) is -4.08. The molecule has 0 N–H and O–H groups in total. The van der Waals surface area contributed by atoms with Gasteiger partial charge >= 0.3 is 12.7 Å². The summed E-state index contributed by atoms with van der Waals surface area (Å²) in [4.78, 5) is 21.1. The second kappa shape index (κ2) is 4.72. The van der Waals surface area contributed by atoms with Crippen LogP contribution in [0.3, 0.4) is 0 Å². The summed E-state index contributed by atoms with van der Waals surface area (Å²) in [6.07, 6.45) is -10.7. The Hall–Kier alpha value is -1.26. The fourth-order valence-electron chi connectivity index (χ4n) is 0.501. The van der Waals surface area contributed by atoms with Crippen LogP contribution in [-0.2, 0) is 9.47 Å². The van der Waals surface area contributed by atoms with Crippen LogP contribution < -0.4 is 0 Å². The molecule has 0 bridgehead atoms. The van der Waals surface area contributed by atoms with E-state index in [1.165, 1.54) is 0 Å². The highest BCUT2D eigenvalue weighted by Gasteiger charge is 2.43. The Morgan fingerprint density at radius 1 is 0.875 bits per heavy atom. The zero-order valence-electron chi connectivity index (χ0n) is 7.48. The third kappa shape index (κ3) is 6.26. The summed E-state index contributed by atoms with van der Waals surface area (Å²) in [7, 11) is -3.75. The van der Waals surface area contributed by atoms with Crippen LogP contribution in [0.1, 0.15) is 0 Å². The Morgan fingerprint density at radius 2 is 1.12 bits per heavy atom. The zero-order chi connectivity index (χ0) is 13.1. The molecule has 0 heterocycles. The third-order valence-corrected chi connectivity index (χ3v) is 2.79. The Balaban J connectivity index is 4.40. The van der Waals surface area contributed by atoms with Crippen LogP contribution in [0.2, 0.25) is 6.55 Å². The monoisotopic (exact) mass is 270 g/mol. The fourth-order valence-corrected chi connectivity index (χ4v) is 1.31. The molecule has 4 nitrogen and oxygen atoms in total. The number of hydrogen-bond donors (Lipinski definition) is 0. The van der Waals surface area contributed by atoms with Crippen molar-refractivity contribution in [3.63, 3.8) is 0 Å². The van der Waals surface area contributed by atoms with E-state index in [0.29, 0.717) is 6.55 Å². The molecule has 16 heavy (non-hydrogen) atoms. The first-order valence-corrected chi connectivity index (χ1v) is 5.82. The van der Waals surface area contributed by atoms with Gasteiger partial charge in [-0.2, -0.15) is 0 Å². The zero-order valence-corrected chi connectivity index (χ0v) is 8.63. The van der Waals surface area contributed by atoms with Crippen LogP contribution in [-0.4, -0.2) is 32.7 Å². The molecule has 0 amide bonds. The standard InChI is InChI=1S/C5H4F6O4Si/c1-16(2(12)14-4(6,7)8)3(13)15-5(9,10)11/h16H,1H3. The fraction of sp³-hybridized carbons (Fsp3) is 0.600. The van der Waals surface area contributed by atoms with E-state index in [1.54, 1.807) is 0 Å². The molecular weight excluding hydrogens is 266 g/mol. The van der Waals surface area contributed by atoms with E-state index in [4.69, 9.17) is 0 Å². The molecule has 0 rings (SSSR count). The number of carbonyl (C=O) groups is 2. The molecule has 0 spiro atoms. The summed E-state index contributed by atoms with van der Waals surface area (Å²) in [5.74, 6) is 0.